The first-order chi connectivity index (χ1) is 10.3. The second-order valence-electron chi connectivity index (χ2n) is 4.86. The molecule has 21 heavy (non-hydrogen) atoms. The van der Waals surface area contributed by atoms with Crippen LogP contribution >= 0.6 is 0 Å². The molecule has 0 saturated carbocycles. The minimum atomic E-state index is 0.191. The minimum absolute atomic E-state index is 0.191. The minimum Gasteiger partial charge on any atom is -0.493 e. The number of hydrogen-bond acceptors (Lipinski definition) is 4. The van der Waals surface area contributed by atoms with Crippen molar-refractivity contribution in [2.24, 2.45) is 0 Å². The molecule has 0 fully saturated rings. The molecule has 1 atom stereocenters. The number of nitrogens with zero attached hydrogens (tertiary/aromatic N) is 1. The van der Waals surface area contributed by atoms with E-state index in [1.165, 1.54) is 0 Å². The van der Waals surface area contributed by atoms with Crippen molar-refractivity contribution >= 4 is 0 Å². The third-order valence-corrected chi connectivity index (χ3v) is 3.40. The van der Waals surface area contributed by atoms with Crippen LogP contribution in [-0.4, -0.2) is 30.7 Å². The number of imidazole rings is 1. The van der Waals surface area contributed by atoms with Gasteiger partial charge < -0.3 is 19.8 Å². The summed E-state index contributed by atoms with van der Waals surface area (Å²) in [5, 5.41) is 3.56. The van der Waals surface area contributed by atoms with Gasteiger partial charge in [0, 0.05) is 24.9 Å². The average molecular weight is 289 g/mol. The van der Waals surface area contributed by atoms with Gasteiger partial charge in [-0.15, -0.1) is 0 Å². The van der Waals surface area contributed by atoms with Gasteiger partial charge in [-0.25, -0.2) is 4.98 Å². The zero-order valence-corrected chi connectivity index (χ0v) is 12.8. The van der Waals surface area contributed by atoms with Crippen LogP contribution in [0.4, 0.5) is 0 Å². The Morgan fingerprint density at radius 3 is 2.67 bits per heavy atom. The van der Waals surface area contributed by atoms with Crippen molar-refractivity contribution in [2.45, 2.75) is 25.8 Å². The van der Waals surface area contributed by atoms with Crippen molar-refractivity contribution in [3.05, 3.63) is 42.0 Å². The predicted octanol–water partition coefficient (Wildman–Crippen LogP) is 2.71. The number of ether oxygens (including phenoxy) is 2. The molecule has 114 valence electrons. The van der Waals surface area contributed by atoms with Crippen molar-refractivity contribution in [3.63, 3.8) is 0 Å². The zero-order chi connectivity index (χ0) is 15.1. The van der Waals surface area contributed by atoms with Gasteiger partial charge in [0.15, 0.2) is 11.5 Å². The van der Waals surface area contributed by atoms with E-state index >= 15 is 0 Å². The van der Waals surface area contributed by atoms with E-state index in [-0.39, 0.29) is 6.04 Å². The fourth-order valence-corrected chi connectivity index (χ4v) is 2.30. The first-order valence-electron chi connectivity index (χ1n) is 7.22. The van der Waals surface area contributed by atoms with Gasteiger partial charge in [0.2, 0.25) is 0 Å². The molecular weight excluding hydrogens is 266 g/mol. The topological polar surface area (TPSA) is 59.2 Å². The van der Waals surface area contributed by atoms with Crippen LogP contribution in [0.15, 0.2) is 30.6 Å². The first-order valence-corrected chi connectivity index (χ1v) is 7.22. The molecule has 0 aliphatic carbocycles. The Kier molecular flexibility index (Phi) is 5.63. The lowest BCUT2D eigenvalue weighted by Gasteiger charge is -2.19. The number of H-pyrrole nitrogens is 1. The number of hydrogen-bond donors (Lipinski definition) is 2. The first kappa shape index (κ1) is 15.4. The molecule has 1 heterocycles. The average Bonchev–Trinajstić information content (AvgIpc) is 3.03. The summed E-state index contributed by atoms with van der Waals surface area (Å²) in [6.45, 7) is 3.12. The smallest absolute Gasteiger partial charge is 0.161 e. The van der Waals surface area contributed by atoms with E-state index in [0.29, 0.717) is 0 Å². The van der Waals surface area contributed by atoms with Gasteiger partial charge in [-0.2, -0.15) is 0 Å². The van der Waals surface area contributed by atoms with E-state index in [2.05, 4.69) is 28.3 Å². The van der Waals surface area contributed by atoms with Gasteiger partial charge >= 0.3 is 0 Å². The van der Waals surface area contributed by atoms with E-state index in [4.69, 9.17) is 9.47 Å². The molecule has 0 radical (unpaired) electrons. The molecule has 0 aliphatic rings. The van der Waals surface area contributed by atoms with Gasteiger partial charge in [0.25, 0.3) is 0 Å². The molecule has 1 aromatic carbocycles. The van der Waals surface area contributed by atoms with E-state index in [1.807, 2.05) is 18.3 Å². The van der Waals surface area contributed by atoms with Gasteiger partial charge in [-0.05, 0) is 30.7 Å². The maximum Gasteiger partial charge on any atom is 0.161 e. The van der Waals surface area contributed by atoms with E-state index in [0.717, 1.165) is 42.3 Å². The molecule has 0 saturated heterocycles. The normalized spacial score (nSPS) is 12.1. The Labute approximate surface area is 125 Å². The number of rotatable bonds is 8. The van der Waals surface area contributed by atoms with Crippen molar-refractivity contribution < 1.29 is 9.47 Å². The van der Waals surface area contributed by atoms with Crippen LogP contribution < -0.4 is 14.8 Å². The molecule has 2 N–H and O–H groups in total. The highest BCUT2D eigenvalue weighted by Gasteiger charge is 2.15. The van der Waals surface area contributed by atoms with Crippen molar-refractivity contribution in [1.82, 2.24) is 15.3 Å². The predicted molar refractivity (Wildman–Crippen MR) is 82.9 cm³/mol. The molecule has 1 unspecified atom stereocenters. The number of methoxy groups -OCH3 is 2. The third kappa shape index (κ3) is 3.98. The third-order valence-electron chi connectivity index (χ3n) is 3.40. The van der Waals surface area contributed by atoms with E-state index in [1.54, 1.807) is 20.4 Å². The largest absolute Gasteiger partial charge is 0.493 e. The van der Waals surface area contributed by atoms with Crippen LogP contribution in [-0.2, 0) is 6.42 Å². The summed E-state index contributed by atoms with van der Waals surface area (Å²) >= 11 is 0. The number of aromatic nitrogens is 2. The van der Waals surface area contributed by atoms with Crippen LogP contribution in [0.3, 0.4) is 0 Å². The highest BCUT2D eigenvalue weighted by atomic mass is 16.5. The van der Waals surface area contributed by atoms with Gasteiger partial charge in [0.1, 0.15) is 5.82 Å². The van der Waals surface area contributed by atoms with Crippen LogP contribution in [0.1, 0.15) is 30.8 Å². The second kappa shape index (κ2) is 7.69. The lowest BCUT2D eigenvalue weighted by Crippen LogP contribution is -2.24. The standard InChI is InChI=1S/C16H23N3O2/c1-4-7-17-13(11-16-18-8-9-19-16)12-5-6-14(20-2)15(10-12)21-3/h5-6,8-10,13,17H,4,7,11H2,1-3H3,(H,18,19). The lowest BCUT2D eigenvalue weighted by atomic mass is 10.0. The molecule has 1 aromatic heterocycles. The van der Waals surface area contributed by atoms with Crippen molar-refractivity contribution in [3.8, 4) is 11.5 Å². The Bertz CT molecular complexity index is 540. The molecule has 2 rings (SSSR count). The molecule has 0 amide bonds. The maximum absolute atomic E-state index is 5.39. The summed E-state index contributed by atoms with van der Waals surface area (Å²) in [4.78, 5) is 7.47. The summed E-state index contributed by atoms with van der Waals surface area (Å²) in [6, 6.07) is 6.22. The van der Waals surface area contributed by atoms with E-state index < -0.39 is 0 Å². The summed E-state index contributed by atoms with van der Waals surface area (Å²) in [5.41, 5.74) is 1.16. The fraction of sp³-hybridized carbons (Fsp3) is 0.438. The summed E-state index contributed by atoms with van der Waals surface area (Å²) in [5.74, 6) is 2.46. The van der Waals surface area contributed by atoms with Crippen molar-refractivity contribution in [1.29, 1.82) is 0 Å². The Balaban J connectivity index is 2.22. The molecule has 0 aliphatic heterocycles. The highest BCUT2D eigenvalue weighted by molar-refractivity contribution is 5.44. The number of aromatic amines is 1. The van der Waals surface area contributed by atoms with E-state index in [9.17, 15) is 0 Å². The number of nitrogens with one attached hydrogen (secondary N) is 2. The monoisotopic (exact) mass is 289 g/mol. The van der Waals surface area contributed by atoms with Gasteiger partial charge in [-0.3, -0.25) is 0 Å². The molecule has 5 nitrogen and oxygen atoms in total. The molecular formula is C16H23N3O2. The van der Waals surface area contributed by atoms with Crippen molar-refractivity contribution in [2.75, 3.05) is 20.8 Å². The van der Waals surface area contributed by atoms with Crippen LogP contribution in [0.25, 0.3) is 0 Å². The molecule has 0 spiro atoms. The quantitative estimate of drug-likeness (QED) is 0.784. The Morgan fingerprint density at radius 1 is 1.24 bits per heavy atom. The zero-order valence-electron chi connectivity index (χ0n) is 12.8. The number of benzene rings is 1. The van der Waals surface area contributed by atoms with Crippen LogP contribution in [0, 0.1) is 0 Å². The van der Waals surface area contributed by atoms with Crippen LogP contribution in [0.5, 0.6) is 11.5 Å². The highest BCUT2D eigenvalue weighted by Crippen LogP contribution is 2.30. The summed E-state index contributed by atoms with van der Waals surface area (Å²) in [6.07, 6.45) is 5.52. The summed E-state index contributed by atoms with van der Waals surface area (Å²) in [7, 11) is 3.30. The Hall–Kier alpha value is -2.01. The maximum atomic E-state index is 5.39. The molecule has 5 heteroatoms. The Morgan fingerprint density at radius 2 is 2.05 bits per heavy atom. The lowest BCUT2D eigenvalue weighted by molar-refractivity contribution is 0.353. The molecule has 0 bridgehead atoms. The fourth-order valence-electron chi connectivity index (χ4n) is 2.30. The van der Waals surface area contributed by atoms with Crippen LogP contribution in [0.2, 0.25) is 0 Å². The SMILES string of the molecule is CCCNC(Cc1ncc[nH]1)c1ccc(OC)c(OC)c1. The van der Waals surface area contributed by atoms with Gasteiger partial charge in [-0.1, -0.05) is 13.0 Å². The van der Waals surface area contributed by atoms with Gasteiger partial charge in [0.05, 0.1) is 14.2 Å². The second-order valence-corrected chi connectivity index (χ2v) is 4.86. The molecule has 2 aromatic rings. The summed E-state index contributed by atoms with van der Waals surface area (Å²) < 4.78 is 10.7.